The van der Waals surface area contributed by atoms with Gasteiger partial charge in [-0.2, -0.15) is 0 Å². The van der Waals surface area contributed by atoms with Gasteiger partial charge >= 0.3 is 0 Å². The molecule has 2 aromatic carbocycles. The first-order valence-electron chi connectivity index (χ1n) is 10.1. The van der Waals surface area contributed by atoms with Gasteiger partial charge in [-0.3, -0.25) is 0 Å². The van der Waals surface area contributed by atoms with Gasteiger partial charge in [0.1, 0.15) is 10.6 Å². The SMILES string of the molecule is CS(=O)(=O)NCCC1OCCC2(S(=O)(=O)c3ccc(Cl)cc3)c3c(F)ccc(F)c3OCC12. The number of rotatable bonds is 6. The molecule has 1 saturated heterocycles. The highest BCUT2D eigenvalue weighted by Crippen LogP contribution is 2.55. The van der Waals surface area contributed by atoms with E-state index in [9.17, 15) is 21.2 Å². The minimum atomic E-state index is -4.30. The van der Waals surface area contributed by atoms with E-state index in [-0.39, 0.29) is 43.1 Å². The van der Waals surface area contributed by atoms with Crippen LogP contribution in [0.1, 0.15) is 18.4 Å². The summed E-state index contributed by atoms with van der Waals surface area (Å²) in [4.78, 5) is -0.0941. The molecule has 180 valence electrons. The molecular formula is C21H22ClF2NO6S2. The van der Waals surface area contributed by atoms with Crippen molar-refractivity contribution < 1.29 is 35.1 Å². The van der Waals surface area contributed by atoms with Crippen LogP contribution in [0.4, 0.5) is 8.78 Å². The van der Waals surface area contributed by atoms with Crippen molar-refractivity contribution >= 4 is 31.5 Å². The van der Waals surface area contributed by atoms with E-state index in [0.717, 1.165) is 18.4 Å². The first kappa shape index (κ1) is 24.3. The van der Waals surface area contributed by atoms with Gasteiger partial charge in [0.05, 0.1) is 29.4 Å². The molecule has 0 spiro atoms. The summed E-state index contributed by atoms with van der Waals surface area (Å²) >= 11 is 5.93. The molecule has 0 amide bonds. The van der Waals surface area contributed by atoms with E-state index < -0.39 is 54.0 Å². The van der Waals surface area contributed by atoms with Crippen LogP contribution in [0.3, 0.4) is 0 Å². The number of hydrogen-bond donors (Lipinski definition) is 1. The summed E-state index contributed by atoms with van der Waals surface area (Å²) in [5.74, 6) is -3.11. The highest BCUT2D eigenvalue weighted by atomic mass is 35.5. The number of nitrogens with one attached hydrogen (secondary N) is 1. The summed E-state index contributed by atoms with van der Waals surface area (Å²) < 4.78 is 92.8. The van der Waals surface area contributed by atoms with Crippen molar-refractivity contribution in [1.82, 2.24) is 4.72 Å². The maximum Gasteiger partial charge on any atom is 0.208 e. The number of benzene rings is 2. The topological polar surface area (TPSA) is 98.8 Å². The van der Waals surface area contributed by atoms with E-state index >= 15 is 4.39 Å². The first-order valence-corrected chi connectivity index (χ1v) is 13.9. The molecular weight excluding hydrogens is 500 g/mol. The van der Waals surface area contributed by atoms with Gasteiger partial charge in [0, 0.05) is 24.1 Å². The third kappa shape index (κ3) is 4.25. The molecule has 3 atom stereocenters. The maximum absolute atomic E-state index is 15.2. The van der Waals surface area contributed by atoms with Crippen LogP contribution in [0.15, 0.2) is 41.3 Å². The Hall–Kier alpha value is -1.79. The van der Waals surface area contributed by atoms with Crippen LogP contribution in [-0.4, -0.2) is 49.0 Å². The van der Waals surface area contributed by atoms with Crippen molar-refractivity contribution in [2.75, 3.05) is 26.0 Å². The number of fused-ring (bicyclic) bond motifs is 3. The summed E-state index contributed by atoms with van der Waals surface area (Å²) in [6.45, 7) is -0.318. The minimum Gasteiger partial charge on any atom is -0.490 e. The van der Waals surface area contributed by atoms with Gasteiger partial charge in [-0.25, -0.2) is 30.3 Å². The van der Waals surface area contributed by atoms with Gasteiger partial charge in [0.25, 0.3) is 0 Å². The lowest BCUT2D eigenvalue weighted by Gasteiger charge is -2.50. The lowest BCUT2D eigenvalue weighted by molar-refractivity contribution is -0.0749. The van der Waals surface area contributed by atoms with E-state index in [1.807, 2.05) is 0 Å². The Morgan fingerprint density at radius 2 is 1.76 bits per heavy atom. The third-order valence-corrected chi connectivity index (χ3v) is 9.68. The molecule has 7 nitrogen and oxygen atoms in total. The van der Waals surface area contributed by atoms with Crippen molar-refractivity contribution in [2.45, 2.75) is 28.6 Å². The average molecular weight is 522 g/mol. The normalized spacial score (nSPS) is 25.1. The highest BCUT2D eigenvalue weighted by Gasteiger charge is 2.61. The maximum atomic E-state index is 15.2. The van der Waals surface area contributed by atoms with Crippen LogP contribution < -0.4 is 9.46 Å². The molecule has 0 bridgehead atoms. The number of sulfonamides is 1. The average Bonchev–Trinajstić information content (AvgIpc) is 2.75. The molecule has 2 aliphatic heterocycles. The standard InChI is InChI=1S/C21H22ClF2NO6S2/c1-32(26,27)25-10-8-18-15-12-31-20-17(24)7-6-16(23)19(20)21(15,9-11-30-18)33(28,29)14-4-2-13(22)3-5-14/h2-7,15,18,25H,8-12H2,1H3. The van der Waals surface area contributed by atoms with Crippen LogP contribution in [0, 0.1) is 17.6 Å². The molecule has 0 aromatic heterocycles. The first-order chi connectivity index (χ1) is 15.5. The molecule has 1 fully saturated rings. The van der Waals surface area contributed by atoms with Gasteiger partial charge in [0.15, 0.2) is 21.4 Å². The molecule has 2 aromatic rings. The Morgan fingerprint density at radius 3 is 2.42 bits per heavy atom. The monoisotopic (exact) mass is 521 g/mol. The van der Waals surface area contributed by atoms with E-state index in [1.165, 1.54) is 24.3 Å². The Kier molecular flexibility index (Phi) is 6.47. The third-order valence-electron chi connectivity index (χ3n) is 6.14. The molecule has 3 unspecified atom stereocenters. The zero-order valence-corrected chi connectivity index (χ0v) is 19.9. The van der Waals surface area contributed by atoms with Crippen molar-refractivity contribution in [3.63, 3.8) is 0 Å². The fourth-order valence-electron chi connectivity index (χ4n) is 4.72. The second kappa shape index (κ2) is 8.77. The van der Waals surface area contributed by atoms with Gasteiger partial charge in [-0.1, -0.05) is 11.6 Å². The Labute approximate surface area is 196 Å². The molecule has 12 heteroatoms. The van der Waals surface area contributed by atoms with Crippen molar-refractivity contribution in [3.05, 3.63) is 58.6 Å². The Balaban J connectivity index is 1.88. The van der Waals surface area contributed by atoms with E-state index in [2.05, 4.69) is 4.72 Å². The van der Waals surface area contributed by atoms with Gasteiger partial charge in [0.2, 0.25) is 10.0 Å². The molecule has 0 radical (unpaired) electrons. The molecule has 33 heavy (non-hydrogen) atoms. The fourth-order valence-corrected chi connectivity index (χ4v) is 7.68. The predicted molar refractivity (Wildman–Crippen MR) is 117 cm³/mol. The summed E-state index contributed by atoms with van der Waals surface area (Å²) in [7, 11) is -7.79. The van der Waals surface area contributed by atoms with Gasteiger partial charge in [-0.15, -0.1) is 0 Å². The second-order valence-electron chi connectivity index (χ2n) is 8.11. The number of ether oxygens (including phenoxy) is 2. The van der Waals surface area contributed by atoms with E-state index in [4.69, 9.17) is 21.1 Å². The van der Waals surface area contributed by atoms with Crippen molar-refractivity contribution in [2.24, 2.45) is 5.92 Å². The lowest BCUT2D eigenvalue weighted by atomic mass is 9.75. The molecule has 2 aliphatic rings. The summed E-state index contributed by atoms with van der Waals surface area (Å²) in [5, 5.41) is 0.323. The van der Waals surface area contributed by atoms with Crippen molar-refractivity contribution in [1.29, 1.82) is 0 Å². The number of halogens is 3. The van der Waals surface area contributed by atoms with E-state index in [1.54, 1.807) is 0 Å². The van der Waals surface area contributed by atoms with Gasteiger partial charge in [-0.05, 0) is 49.2 Å². The zero-order valence-electron chi connectivity index (χ0n) is 17.6. The smallest absolute Gasteiger partial charge is 0.208 e. The summed E-state index contributed by atoms with van der Waals surface area (Å²) in [6.07, 6.45) is 0.203. The molecule has 4 rings (SSSR count). The summed E-state index contributed by atoms with van der Waals surface area (Å²) in [6, 6.07) is 7.25. The Bertz CT molecular complexity index is 1270. The lowest BCUT2D eigenvalue weighted by Crippen LogP contribution is -2.58. The van der Waals surface area contributed by atoms with E-state index in [0.29, 0.717) is 5.02 Å². The largest absolute Gasteiger partial charge is 0.490 e. The highest BCUT2D eigenvalue weighted by molar-refractivity contribution is 7.92. The van der Waals surface area contributed by atoms with Gasteiger partial charge < -0.3 is 9.47 Å². The van der Waals surface area contributed by atoms with Crippen LogP contribution >= 0.6 is 11.6 Å². The Morgan fingerprint density at radius 1 is 1.09 bits per heavy atom. The minimum absolute atomic E-state index is 0.0183. The second-order valence-corrected chi connectivity index (χ2v) is 12.6. The van der Waals surface area contributed by atoms with Crippen molar-refractivity contribution in [3.8, 4) is 5.75 Å². The number of sulfone groups is 1. The molecule has 0 saturated carbocycles. The van der Waals surface area contributed by atoms with Crippen LogP contribution in [0.2, 0.25) is 5.02 Å². The summed E-state index contributed by atoms with van der Waals surface area (Å²) in [5.41, 5.74) is -0.363. The van der Waals surface area contributed by atoms with Crippen LogP contribution in [0.5, 0.6) is 5.75 Å². The zero-order chi connectivity index (χ0) is 24.0. The molecule has 2 heterocycles. The van der Waals surface area contributed by atoms with Crippen LogP contribution in [0.25, 0.3) is 0 Å². The molecule has 0 aliphatic carbocycles. The number of hydrogen-bond acceptors (Lipinski definition) is 6. The fraction of sp³-hybridized carbons (Fsp3) is 0.429. The molecule has 1 N–H and O–H groups in total. The van der Waals surface area contributed by atoms with Crippen LogP contribution in [-0.2, 0) is 29.3 Å². The quantitative estimate of drug-likeness (QED) is 0.627. The predicted octanol–water partition coefficient (Wildman–Crippen LogP) is 3.02.